The first kappa shape index (κ1) is 13.6. The largest absolute Gasteiger partial charge is 0.364 e. The third-order valence-corrected chi connectivity index (χ3v) is 3.31. The summed E-state index contributed by atoms with van der Waals surface area (Å²) in [6.07, 6.45) is 7.08. The van der Waals surface area contributed by atoms with E-state index < -0.39 is 0 Å². The zero-order valence-corrected chi connectivity index (χ0v) is 12.2. The number of rotatable bonds is 6. The second-order valence-corrected chi connectivity index (χ2v) is 5.21. The molecular weight excluding hydrogens is 238 g/mol. The number of hydrogen-bond donors (Lipinski definition) is 1. The first-order valence-electron chi connectivity index (χ1n) is 6.92. The van der Waals surface area contributed by atoms with E-state index in [0.29, 0.717) is 12.1 Å². The lowest BCUT2D eigenvalue weighted by atomic mass is 10.3. The third kappa shape index (κ3) is 3.36. The highest BCUT2D eigenvalue weighted by Gasteiger charge is 2.05. The second kappa shape index (κ2) is 5.91. The molecule has 0 spiro atoms. The van der Waals surface area contributed by atoms with Crippen LogP contribution in [0, 0.1) is 0 Å². The van der Waals surface area contributed by atoms with Gasteiger partial charge in [0.2, 0.25) is 0 Å². The summed E-state index contributed by atoms with van der Waals surface area (Å²) in [5, 5.41) is 12.2. The maximum Gasteiger partial charge on any atom is 0.148 e. The van der Waals surface area contributed by atoms with Crippen LogP contribution in [-0.2, 0) is 6.54 Å². The van der Waals surface area contributed by atoms with Crippen molar-refractivity contribution >= 4 is 5.82 Å². The fourth-order valence-corrected chi connectivity index (χ4v) is 1.81. The Labute approximate surface area is 114 Å². The van der Waals surface area contributed by atoms with Crippen LogP contribution in [0.25, 0.3) is 0 Å². The van der Waals surface area contributed by atoms with Gasteiger partial charge in [0, 0.05) is 42.7 Å². The summed E-state index contributed by atoms with van der Waals surface area (Å²) in [6, 6.07) is 2.86. The molecule has 0 saturated heterocycles. The summed E-state index contributed by atoms with van der Waals surface area (Å²) < 4.78 is 3.97. The van der Waals surface area contributed by atoms with Crippen molar-refractivity contribution in [3.8, 4) is 0 Å². The lowest BCUT2D eigenvalue weighted by Crippen LogP contribution is -2.06. The molecule has 0 aliphatic heterocycles. The molecule has 1 atom stereocenters. The van der Waals surface area contributed by atoms with Crippen LogP contribution < -0.4 is 5.32 Å². The Balaban J connectivity index is 1.92. The number of hydrogen-bond acceptors (Lipinski definition) is 3. The van der Waals surface area contributed by atoms with Gasteiger partial charge in [0.05, 0.1) is 6.20 Å². The lowest BCUT2D eigenvalue weighted by molar-refractivity contribution is 0.479. The highest BCUT2D eigenvalue weighted by atomic mass is 15.3. The highest BCUT2D eigenvalue weighted by molar-refractivity contribution is 5.33. The number of nitrogens with one attached hydrogen (secondary N) is 1. The van der Waals surface area contributed by atoms with E-state index in [1.165, 1.54) is 5.56 Å². The average Bonchev–Trinajstić information content (AvgIpc) is 3.04. The lowest BCUT2D eigenvalue weighted by Gasteiger charge is -2.08. The van der Waals surface area contributed by atoms with Crippen molar-refractivity contribution in [2.75, 3.05) is 5.32 Å². The van der Waals surface area contributed by atoms with E-state index in [1.54, 1.807) is 0 Å². The van der Waals surface area contributed by atoms with Crippen LogP contribution in [0.15, 0.2) is 24.7 Å². The van der Waals surface area contributed by atoms with Gasteiger partial charge in [-0.25, -0.2) is 0 Å². The van der Waals surface area contributed by atoms with Crippen LogP contribution in [-0.4, -0.2) is 19.6 Å². The molecule has 0 amide bonds. The van der Waals surface area contributed by atoms with Crippen LogP contribution >= 0.6 is 0 Å². The topological polar surface area (TPSA) is 47.7 Å². The fourth-order valence-electron chi connectivity index (χ4n) is 1.81. The highest BCUT2D eigenvalue weighted by Crippen LogP contribution is 2.13. The standard InChI is InChI=1S/C14H23N5/c1-5-12(4)18-7-6-14(17-18)15-8-13-9-16-19(10-13)11(2)3/h6-7,9-12H,5,8H2,1-4H3,(H,15,17)/t12-/m0/s1. The fraction of sp³-hybridized carbons (Fsp3) is 0.571. The molecule has 0 radical (unpaired) electrons. The van der Waals surface area contributed by atoms with E-state index in [-0.39, 0.29) is 0 Å². The van der Waals surface area contributed by atoms with Crippen LogP contribution in [0.3, 0.4) is 0 Å². The minimum absolute atomic E-state index is 0.401. The zero-order chi connectivity index (χ0) is 13.8. The van der Waals surface area contributed by atoms with Gasteiger partial charge in [-0.15, -0.1) is 0 Å². The molecule has 0 bridgehead atoms. The number of aromatic nitrogens is 4. The predicted octanol–water partition coefficient (Wildman–Crippen LogP) is 3.24. The molecule has 2 rings (SSSR count). The van der Waals surface area contributed by atoms with E-state index in [1.807, 2.05) is 27.8 Å². The van der Waals surface area contributed by atoms with E-state index in [9.17, 15) is 0 Å². The van der Waals surface area contributed by atoms with Crippen molar-refractivity contribution in [1.29, 1.82) is 0 Å². The molecule has 104 valence electrons. The summed E-state index contributed by atoms with van der Waals surface area (Å²) in [6.45, 7) is 9.34. The number of anilines is 1. The Morgan fingerprint density at radius 3 is 2.68 bits per heavy atom. The molecule has 2 heterocycles. The first-order valence-corrected chi connectivity index (χ1v) is 6.92. The Hall–Kier alpha value is -1.78. The molecule has 0 fully saturated rings. The predicted molar refractivity (Wildman–Crippen MR) is 77.2 cm³/mol. The van der Waals surface area contributed by atoms with Crippen LogP contribution in [0.2, 0.25) is 0 Å². The van der Waals surface area contributed by atoms with Gasteiger partial charge >= 0.3 is 0 Å². The molecule has 2 aromatic rings. The molecule has 0 aliphatic rings. The second-order valence-electron chi connectivity index (χ2n) is 5.21. The quantitative estimate of drug-likeness (QED) is 0.868. The monoisotopic (exact) mass is 261 g/mol. The Morgan fingerprint density at radius 1 is 1.26 bits per heavy atom. The summed E-state index contributed by atoms with van der Waals surface area (Å²) in [7, 11) is 0. The van der Waals surface area contributed by atoms with E-state index in [0.717, 1.165) is 18.8 Å². The molecule has 19 heavy (non-hydrogen) atoms. The van der Waals surface area contributed by atoms with Gasteiger partial charge in [0.25, 0.3) is 0 Å². The van der Waals surface area contributed by atoms with Crippen molar-refractivity contribution in [1.82, 2.24) is 19.6 Å². The van der Waals surface area contributed by atoms with Crippen molar-refractivity contribution in [3.05, 3.63) is 30.2 Å². The molecule has 1 N–H and O–H groups in total. The minimum Gasteiger partial charge on any atom is -0.364 e. The average molecular weight is 261 g/mol. The summed E-state index contributed by atoms with van der Waals surface area (Å²) in [5.74, 6) is 0.914. The van der Waals surface area contributed by atoms with Crippen molar-refractivity contribution in [2.45, 2.75) is 52.7 Å². The SMILES string of the molecule is CC[C@H](C)n1ccc(NCc2cnn(C(C)C)c2)n1. The third-order valence-electron chi connectivity index (χ3n) is 3.31. The van der Waals surface area contributed by atoms with Gasteiger partial charge in [0.1, 0.15) is 5.82 Å². The van der Waals surface area contributed by atoms with Gasteiger partial charge in [-0.3, -0.25) is 9.36 Å². The Morgan fingerprint density at radius 2 is 2.05 bits per heavy atom. The maximum absolute atomic E-state index is 4.52. The minimum atomic E-state index is 0.401. The maximum atomic E-state index is 4.52. The Kier molecular flexibility index (Phi) is 4.24. The summed E-state index contributed by atoms with van der Waals surface area (Å²) >= 11 is 0. The van der Waals surface area contributed by atoms with Crippen LogP contribution in [0.5, 0.6) is 0 Å². The van der Waals surface area contributed by atoms with E-state index in [4.69, 9.17) is 0 Å². The summed E-state index contributed by atoms with van der Waals surface area (Å²) in [4.78, 5) is 0. The van der Waals surface area contributed by atoms with Crippen LogP contribution in [0.4, 0.5) is 5.82 Å². The van der Waals surface area contributed by atoms with Crippen LogP contribution in [0.1, 0.15) is 51.8 Å². The summed E-state index contributed by atoms with van der Waals surface area (Å²) in [5.41, 5.74) is 1.17. The molecule has 5 heteroatoms. The smallest absolute Gasteiger partial charge is 0.148 e. The number of nitrogens with zero attached hydrogens (tertiary/aromatic N) is 4. The van der Waals surface area contributed by atoms with Gasteiger partial charge < -0.3 is 5.32 Å². The van der Waals surface area contributed by atoms with Crippen molar-refractivity contribution in [2.24, 2.45) is 0 Å². The van der Waals surface area contributed by atoms with Crippen molar-refractivity contribution < 1.29 is 0 Å². The van der Waals surface area contributed by atoms with Gasteiger partial charge in [-0.1, -0.05) is 6.92 Å². The van der Waals surface area contributed by atoms with E-state index in [2.05, 4.69) is 49.4 Å². The molecule has 2 aromatic heterocycles. The van der Waals surface area contributed by atoms with E-state index >= 15 is 0 Å². The molecular formula is C14H23N5. The zero-order valence-electron chi connectivity index (χ0n) is 12.2. The normalized spacial score (nSPS) is 12.9. The first-order chi connectivity index (χ1) is 9.10. The molecule has 0 aromatic carbocycles. The van der Waals surface area contributed by atoms with Gasteiger partial charge in [0.15, 0.2) is 0 Å². The molecule has 0 unspecified atom stereocenters. The van der Waals surface area contributed by atoms with Gasteiger partial charge in [-0.2, -0.15) is 10.2 Å². The molecule has 0 saturated carbocycles. The molecule has 0 aliphatic carbocycles. The Bertz CT molecular complexity index is 511. The van der Waals surface area contributed by atoms with Gasteiger partial charge in [-0.05, 0) is 27.2 Å². The van der Waals surface area contributed by atoms with Crippen molar-refractivity contribution in [3.63, 3.8) is 0 Å². The molecule has 5 nitrogen and oxygen atoms in total.